The first-order valence-corrected chi connectivity index (χ1v) is 23.5. The van der Waals surface area contributed by atoms with E-state index in [1.807, 2.05) is 27.7 Å². The number of hydrogen-bond donors (Lipinski definition) is 3. The number of hydrogen-bond acceptors (Lipinski definition) is 12. The van der Waals surface area contributed by atoms with Crippen LogP contribution in [0.4, 0.5) is 4.79 Å². The van der Waals surface area contributed by atoms with Crippen LogP contribution in [-0.4, -0.2) is 117 Å². The molecule has 366 valence electrons. The number of nitrogens with one attached hydrogen (secondary N) is 3. The quantitative estimate of drug-likeness (QED) is 0.134. The highest BCUT2D eigenvalue weighted by molar-refractivity contribution is 6.38. The Hall–Kier alpha value is -5.87. The van der Waals surface area contributed by atoms with E-state index in [2.05, 4.69) is 25.9 Å². The molecule has 2 aliphatic rings. The van der Waals surface area contributed by atoms with Gasteiger partial charge in [0.2, 0.25) is 23.5 Å². The molecule has 1 aromatic carbocycles. The van der Waals surface area contributed by atoms with Crippen molar-refractivity contribution in [3.63, 3.8) is 0 Å². The third-order valence-electron chi connectivity index (χ3n) is 12.5. The topological polar surface area (TPSA) is 231 Å². The lowest BCUT2D eigenvalue weighted by Crippen LogP contribution is -2.51. The molecular weight excluding hydrogens is 859 g/mol. The first-order chi connectivity index (χ1) is 31.5. The highest BCUT2D eigenvalue weighted by Crippen LogP contribution is 2.34. The van der Waals surface area contributed by atoms with Gasteiger partial charge in [-0.1, -0.05) is 83.7 Å². The molecule has 2 heterocycles. The summed E-state index contributed by atoms with van der Waals surface area (Å²) in [6.07, 6.45) is 7.01. The van der Waals surface area contributed by atoms with Crippen LogP contribution in [0.15, 0.2) is 48.9 Å². The van der Waals surface area contributed by atoms with Crippen LogP contribution in [0.25, 0.3) is 0 Å². The summed E-state index contributed by atoms with van der Waals surface area (Å²) < 4.78 is 5.64. The summed E-state index contributed by atoms with van der Waals surface area (Å²) in [5, 5.41) is 8.57. The third kappa shape index (κ3) is 15.9. The molecule has 1 aromatic heterocycles. The Morgan fingerprint density at radius 2 is 1.52 bits per heavy atom. The fraction of sp³-hybridized carbons (Fsp3) is 0.620. The first kappa shape index (κ1) is 53.7. The summed E-state index contributed by atoms with van der Waals surface area (Å²) in [7, 11) is 3.12. The minimum atomic E-state index is -1.03. The molecule has 0 spiro atoms. The number of carbonyl (C=O) groups is 9. The molecule has 1 saturated heterocycles. The number of Topliss-reactive ketones (excluding diaryl/α,β-unsaturated/α-hetero) is 4. The molecule has 17 nitrogen and oxygen atoms in total. The lowest BCUT2D eigenvalue weighted by atomic mass is 9.74. The second-order valence-electron chi connectivity index (χ2n) is 20.2. The van der Waals surface area contributed by atoms with Crippen LogP contribution in [0.2, 0.25) is 0 Å². The van der Waals surface area contributed by atoms with E-state index in [4.69, 9.17) is 4.74 Å². The average Bonchev–Trinajstić information content (AvgIpc) is 3.71. The number of nitrogens with zero attached hydrogens (tertiary/aromatic N) is 4. The van der Waals surface area contributed by atoms with Crippen molar-refractivity contribution in [3.05, 3.63) is 60.2 Å². The van der Waals surface area contributed by atoms with Gasteiger partial charge < -0.3 is 30.5 Å². The lowest BCUT2D eigenvalue weighted by molar-refractivity contribution is -0.141. The standard InChI is InChI=1S/C50H71N7O10/c1-10-17-33(44(62)38(58)22-23-41(61)54-43(47(65)56(8)9)32-20-15-12-16-21-32)26-39(59)34-29-57(48(66)67-50(5,6)7)30-37(34)53-45(63)35(49(2,3)4)27-40(60)42(31-18-13-11-14-19-31)55-46(64)36-28-51-24-25-52-36/h12,15-16,20-21,24-25,28,31,33-35,37,42-43H,10-11,13-14,17-19,22-23,26-27,29-30H2,1-9H3,(H,53,63)(H,54,61)(H,55,64)/t33-,34-,35-,37+,42+,43+/m1/s1. The van der Waals surface area contributed by atoms with Gasteiger partial charge in [0.05, 0.1) is 24.2 Å². The van der Waals surface area contributed by atoms with E-state index in [0.29, 0.717) is 12.0 Å². The number of likely N-dealkylation sites (N-methyl/N-ethyl adjacent to an activating group) is 1. The molecule has 4 rings (SSSR count). The summed E-state index contributed by atoms with van der Waals surface area (Å²) in [5.74, 6) is -7.52. The minimum Gasteiger partial charge on any atom is -0.444 e. The van der Waals surface area contributed by atoms with Gasteiger partial charge >= 0.3 is 6.09 Å². The van der Waals surface area contributed by atoms with Crippen molar-refractivity contribution in [2.45, 2.75) is 143 Å². The molecule has 1 aliphatic heterocycles. The van der Waals surface area contributed by atoms with Crippen LogP contribution in [0.3, 0.4) is 0 Å². The number of carbonyl (C=O) groups excluding carboxylic acids is 9. The van der Waals surface area contributed by atoms with Crippen LogP contribution in [0, 0.1) is 29.1 Å². The van der Waals surface area contributed by atoms with Gasteiger partial charge in [-0.2, -0.15) is 0 Å². The van der Waals surface area contributed by atoms with Gasteiger partial charge in [0.15, 0.2) is 11.6 Å². The normalized spacial score (nSPS) is 18.4. The highest BCUT2D eigenvalue weighted by Gasteiger charge is 2.45. The Labute approximate surface area is 394 Å². The summed E-state index contributed by atoms with van der Waals surface area (Å²) in [4.78, 5) is 134. The van der Waals surface area contributed by atoms with Crippen molar-refractivity contribution >= 4 is 52.9 Å². The number of ether oxygens (including phenoxy) is 1. The van der Waals surface area contributed by atoms with Crippen LogP contribution < -0.4 is 16.0 Å². The summed E-state index contributed by atoms with van der Waals surface area (Å²) >= 11 is 0. The zero-order chi connectivity index (χ0) is 49.6. The molecule has 2 aromatic rings. The zero-order valence-corrected chi connectivity index (χ0v) is 40.7. The van der Waals surface area contributed by atoms with Crippen molar-refractivity contribution in [3.8, 4) is 0 Å². The Kier molecular flexibility index (Phi) is 19.4. The lowest BCUT2D eigenvalue weighted by Gasteiger charge is -2.34. The molecule has 5 amide bonds. The summed E-state index contributed by atoms with van der Waals surface area (Å²) in [6, 6.07) is 5.84. The third-order valence-corrected chi connectivity index (χ3v) is 12.5. The number of benzene rings is 1. The molecule has 6 atom stereocenters. The Morgan fingerprint density at radius 1 is 0.851 bits per heavy atom. The van der Waals surface area contributed by atoms with E-state index < -0.39 is 94.5 Å². The van der Waals surface area contributed by atoms with E-state index in [9.17, 15) is 43.2 Å². The van der Waals surface area contributed by atoms with Gasteiger partial charge in [-0.25, -0.2) is 9.78 Å². The van der Waals surface area contributed by atoms with Gasteiger partial charge in [-0.15, -0.1) is 0 Å². The van der Waals surface area contributed by atoms with Crippen molar-refractivity contribution in [2.75, 3.05) is 27.2 Å². The average molecular weight is 930 g/mol. The van der Waals surface area contributed by atoms with Crippen molar-refractivity contribution in [1.29, 1.82) is 0 Å². The van der Waals surface area contributed by atoms with Crippen molar-refractivity contribution in [1.82, 2.24) is 35.7 Å². The Bertz CT molecular complexity index is 2080. The van der Waals surface area contributed by atoms with Gasteiger partial charge in [0.1, 0.15) is 23.1 Å². The molecule has 1 aliphatic carbocycles. The Balaban J connectivity index is 1.51. The number of ketones is 4. The van der Waals surface area contributed by atoms with E-state index in [1.54, 1.807) is 65.2 Å². The molecule has 0 bridgehead atoms. The maximum Gasteiger partial charge on any atom is 0.410 e. The molecular formula is C50H71N7O10. The molecule has 1 saturated carbocycles. The predicted octanol–water partition coefficient (Wildman–Crippen LogP) is 5.37. The SMILES string of the molecule is CCC[C@H](CC(=O)[C@@H]1CN(C(=O)OC(C)(C)C)C[C@@H]1NC(=O)[C@@H](CC(=O)[C@@H](NC(=O)c1cnccn1)C1CCCCC1)C(C)(C)C)C(=O)C(=O)CCC(=O)N[C@H](C(=O)N(C)C)c1ccccc1. The zero-order valence-electron chi connectivity index (χ0n) is 40.7. The number of rotatable bonds is 21. The van der Waals surface area contributed by atoms with E-state index in [-0.39, 0.29) is 62.1 Å². The predicted molar refractivity (Wildman–Crippen MR) is 249 cm³/mol. The van der Waals surface area contributed by atoms with Crippen LogP contribution in [0.5, 0.6) is 0 Å². The molecule has 0 unspecified atom stereocenters. The Morgan fingerprint density at radius 3 is 2.10 bits per heavy atom. The second-order valence-corrected chi connectivity index (χ2v) is 20.2. The van der Waals surface area contributed by atoms with E-state index in [1.165, 1.54) is 28.4 Å². The number of amides is 5. The van der Waals surface area contributed by atoms with Crippen LogP contribution >= 0.6 is 0 Å². The molecule has 3 N–H and O–H groups in total. The fourth-order valence-electron chi connectivity index (χ4n) is 8.79. The molecule has 17 heteroatoms. The minimum absolute atomic E-state index is 0.0643. The van der Waals surface area contributed by atoms with Gasteiger partial charge in [-0.3, -0.25) is 43.3 Å². The maximum atomic E-state index is 14.5. The van der Waals surface area contributed by atoms with Gasteiger partial charge in [0.25, 0.3) is 5.91 Å². The van der Waals surface area contributed by atoms with Gasteiger partial charge in [0, 0.05) is 77.1 Å². The smallest absolute Gasteiger partial charge is 0.410 e. The van der Waals surface area contributed by atoms with Gasteiger partial charge in [-0.05, 0) is 56.9 Å². The number of likely N-dealkylation sites (tertiary alicyclic amines) is 1. The monoisotopic (exact) mass is 930 g/mol. The highest BCUT2D eigenvalue weighted by atomic mass is 16.6. The fourth-order valence-corrected chi connectivity index (χ4v) is 8.79. The second kappa shape index (κ2) is 24.2. The van der Waals surface area contributed by atoms with E-state index in [0.717, 1.165) is 32.1 Å². The number of aromatic nitrogens is 2. The van der Waals surface area contributed by atoms with Crippen LogP contribution in [0.1, 0.15) is 141 Å². The first-order valence-electron chi connectivity index (χ1n) is 23.5. The molecule has 2 fully saturated rings. The largest absolute Gasteiger partial charge is 0.444 e. The summed E-state index contributed by atoms with van der Waals surface area (Å²) in [5.41, 5.74) is -1.02. The van der Waals surface area contributed by atoms with Crippen LogP contribution in [-0.2, 0) is 38.3 Å². The maximum absolute atomic E-state index is 14.5. The van der Waals surface area contributed by atoms with Crippen molar-refractivity contribution in [2.24, 2.45) is 29.1 Å². The van der Waals surface area contributed by atoms with Crippen molar-refractivity contribution < 1.29 is 47.9 Å². The molecule has 0 radical (unpaired) electrons. The molecule has 67 heavy (non-hydrogen) atoms. The van der Waals surface area contributed by atoms with E-state index >= 15 is 0 Å². The summed E-state index contributed by atoms with van der Waals surface area (Å²) in [6.45, 7) is 12.2.